The molecule has 2 aromatic rings. The largest absolute Gasteiger partial charge is 0.490 e. The summed E-state index contributed by atoms with van der Waals surface area (Å²) in [4.78, 5) is 15.9. The molecule has 0 saturated carbocycles. The number of aromatic nitrogens is 2. The molecular weight excluding hydrogens is 399 g/mol. The summed E-state index contributed by atoms with van der Waals surface area (Å²) < 4.78 is 39.9. The molecule has 3 rings (SSSR count). The molecule has 0 aliphatic carbocycles. The first-order valence-corrected chi connectivity index (χ1v) is 9.49. The van der Waals surface area contributed by atoms with E-state index in [1.807, 2.05) is 18.5 Å². The van der Waals surface area contributed by atoms with Crippen LogP contribution in [0.15, 0.2) is 55.4 Å². The maximum Gasteiger partial charge on any atom is 0.490 e. The van der Waals surface area contributed by atoms with Crippen LogP contribution >= 0.6 is 0 Å². The third-order valence-corrected chi connectivity index (χ3v) is 4.82. The van der Waals surface area contributed by atoms with Crippen molar-refractivity contribution in [1.29, 1.82) is 0 Å². The van der Waals surface area contributed by atoms with E-state index in [2.05, 4.69) is 58.4 Å². The number of carboxylic acid groups (broad SMARTS) is 1. The average molecular weight is 425 g/mol. The predicted octanol–water partition coefficient (Wildman–Crippen LogP) is 3.44. The fourth-order valence-electron chi connectivity index (χ4n) is 3.32. The number of likely N-dealkylation sites (tertiary alicyclic amines) is 1. The third kappa shape index (κ3) is 7.00. The first kappa shape index (κ1) is 23.6. The van der Waals surface area contributed by atoms with Crippen molar-refractivity contribution in [1.82, 2.24) is 14.5 Å². The standard InChI is InChI=1S/C19H25N3O.C2HF3O2/c1-3-13-23-18-9-11-22(15-19-20-10-12-21(19)2)17(18)14-16-7-5-4-6-8-16;3-2(4,5)1(6)7/h3-8,10,12,17-18H,1,9,11,13-15H2,2H3;(H,6,7)/t17-,18+;/m0./s1. The van der Waals surface area contributed by atoms with Crippen LogP contribution in [0.2, 0.25) is 0 Å². The van der Waals surface area contributed by atoms with Crippen molar-refractivity contribution in [2.24, 2.45) is 7.05 Å². The van der Waals surface area contributed by atoms with Gasteiger partial charge in [-0.3, -0.25) is 4.90 Å². The number of aryl methyl sites for hydroxylation is 1. The van der Waals surface area contributed by atoms with E-state index in [1.165, 1.54) is 5.56 Å². The molecule has 0 spiro atoms. The summed E-state index contributed by atoms with van der Waals surface area (Å²) in [5.74, 6) is -1.65. The zero-order chi connectivity index (χ0) is 22.1. The van der Waals surface area contributed by atoms with Gasteiger partial charge in [-0.05, 0) is 18.4 Å². The van der Waals surface area contributed by atoms with Crippen LogP contribution in [0.25, 0.3) is 0 Å². The van der Waals surface area contributed by atoms with Gasteiger partial charge in [0.25, 0.3) is 0 Å². The molecule has 6 nitrogen and oxygen atoms in total. The number of nitrogens with zero attached hydrogens (tertiary/aromatic N) is 3. The van der Waals surface area contributed by atoms with Gasteiger partial charge in [0.15, 0.2) is 0 Å². The topological polar surface area (TPSA) is 67.6 Å². The summed E-state index contributed by atoms with van der Waals surface area (Å²) in [5, 5.41) is 7.12. The van der Waals surface area contributed by atoms with Gasteiger partial charge in [-0.25, -0.2) is 9.78 Å². The molecule has 1 aromatic carbocycles. The molecule has 0 radical (unpaired) electrons. The molecule has 1 aliphatic heterocycles. The van der Waals surface area contributed by atoms with Crippen molar-refractivity contribution in [2.75, 3.05) is 13.2 Å². The fraction of sp³-hybridized carbons (Fsp3) is 0.429. The minimum Gasteiger partial charge on any atom is -0.475 e. The van der Waals surface area contributed by atoms with Crippen molar-refractivity contribution in [3.05, 3.63) is 66.8 Å². The van der Waals surface area contributed by atoms with Crippen LogP contribution in [0.4, 0.5) is 13.2 Å². The van der Waals surface area contributed by atoms with Crippen LogP contribution in [-0.2, 0) is 29.5 Å². The number of benzene rings is 1. The molecule has 2 atom stereocenters. The normalized spacial score (nSPS) is 19.2. The highest BCUT2D eigenvalue weighted by Crippen LogP contribution is 2.26. The Morgan fingerprint density at radius 1 is 1.37 bits per heavy atom. The predicted molar refractivity (Wildman–Crippen MR) is 106 cm³/mol. The van der Waals surface area contributed by atoms with Crippen LogP contribution in [0.5, 0.6) is 0 Å². The van der Waals surface area contributed by atoms with Gasteiger partial charge in [-0.2, -0.15) is 13.2 Å². The summed E-state index contributed by atoms with van der Waals surface area (Å²) in [6.07, 6.45) is 2.95. The number of aliphatic carboxylic acids is 1. The fourth-order valence-corrected chi connectivity index (χ4v) is 3.32. The van der Waals surface area contributed by atoms with E-state index in [-0.39, 0.29) is 6.10 Å². The molecule has 0 amide bonds. The van der Waals surface area contributed by atoms with Gasteiger partial charge in [0.1, 0.15) is 5.82 Å². The molecule has 1 aliphatic rings. The SMILES string of the molecule is C=CCO[C@@H]1CCN(Cc2nccn2C)[C@H]1Cc1ccccc1.O=C(O)C(F)(F)F. The minimum atomic E-state index is -5.08. The van der Waals surface area contributed by atoms with Gasteiger partial charge in [-0.15, -0.1) is 6.58 Å². The monoisotopic (exact) mass is 425 g/mol. The zero-order valence-corrected chi connectivity index (χ0v) is 16.8. The zero-order valence-electron chi connectivity index (χ0n) is 16.8. The summed E-state index contributed by atoms with van der Waals surface area (Å²) in [6, 6.07) is 11.0. The van der Waals surface area contributed by atoms with E-state index >= 15 is 0 Å². The molecule has 1 aromatic heterocycles. The third-order valence-electron chi connectivity index (χ3n) is 4.82. The summed E-state index contributed by atoms with van der Waals surface area (Å²) in [5.41, 5.74) is 1.36. The first-order chi connectivity index (χ1) is 14.2. The molecular formula is C21H26F3N3O3. The Kier molecular flexibility index (Phi) is 8.61. The van der Waals surface area contributed by atoms with Gasteiger partial charge in [0, 0.05) is 32.0 Å². The van der Waals surface area contributed by atoms with Crippen molar-refractivity contribution < 1.29 is 27.8 Å². The quantitative estimate of drug-likeness (QED) is 0.689. The highest BCUT2D eigenvalue weighted by molar-refractivity contribution is 5.73. The second kappa shape index (κ2) is 10.9. The Hall–Kier alpha value is -2.65. The summed E-state index contributed by atoms with van der Waals surface area (Å²) >= 11 is 0. The number of rotatable bonds is 7. The molecule has 30 heavy (non-hydrogen) atoms. The van der Waals surface area contributed by atoms with E-state index < -0.39 is 12.1 Å². The molecule has 1 N–H and O–H groups in total. The minimum absolute atomic E-state index is 0.258. The van der Waals surface area contributed by atoms with E-state index in [1.54, 1.807) is 0 Å². The second-order valence-corrected chi connectivity index (χ2v) is 6.93. The van der Waals surface area contributed by atoms with E-state index in [9.17, 15) is 13.2 Å². The lowest BCUT2D eigenvalue weighted by Crippen LogP contribution is -2.38. The van der Waals surface area contributed by atoms with Crippen molar-refractivity contribution in [2.45, 2.75) is 37.7 Å². The van der Waals surface area contributed by atoms with Gasteiger partial charge >= 0.3 is 12.1 Å². The summed E-state index contributed by atoms with van der Waals surface area (Å²) in [6.45, 7) is 6.31. The second-order valence-electron chi connectivity index (χ2n) is 6.93. The molecule has 9 heteroatoms. The lowest BCUT2D eigenvalue weighted by atomic mass is 10.0. The van der Waals surface area contributed by atoms with Crippen molar-refractivity contribution >= 4 is 5.97 Å². The molecule has 1 fully saturated rings. The maximum absolute atomic E-state index is 10.6. The maximum atomic E-state index is 10.6. The number of ether oxygens (including phenoxy) is 1. The number of halogens is 3. The lowest BCUT2D eigenvalue weighted by molar-refractivity contribution is -0.192. The summed E-state index contributed by atoms with van der Waals surface area (Å²) in [7, 11) is 2.05. The molecule has 1 saturated heterocycles. The Morgan fingerprint density at radius 3 is 2.57 bits per heavy atom. The Labute approximate surface area is 173 Å². The van der Waals surface area contributed by atoms with Gasteiger partial charge in [0.05, 0.1) is 19.3 Å². The highest BCUT2D eigenvalue weighted by atomic mass is 19.4. The Bertz CT molecular complexity index is 809. The van der Waals surface area contributed by atoms with Crippen LogP contribution < -0.4 is 0 Å². The van der Waals surface area contributed by atoms with E-state index in [0.717, 1.165) is 31.8 Å². The van der Waals surface area contributed by atoms with Crippen LogP contribution in [0.3, 0.4) is 0 Å². The van der Waals surface area contributed by atoms with Gasteiger partial charge in [0.2, 0.25) is 0 Å². The average Bonchev–Trinajstić information content (AvgIpc) is 3.27. The number of alkyl halides is 3. The molecule has 164 valence electrons. The molecule has 2 heterocycles. The Balaban J connectivity index is 0.000000396. The van der Waals surface area contributed by atoms with E-state index in [0.29, 0.717) is 12.6 Å². The van der Waals surface area contributed by atoms with Crippen LogP contribution in [0, 0.1) is 0 Å². The lowest BCUT2D eigenvalue weighted by Gasteiger charge is -2.28. The number of imidazole rings is 1. The Morgan fingerprint density at radius 2 is 2.03 bits per heavy atom. The number of carboxylic acids is 1. The van der Waals surface area contributed by atoms with Crippen molar-refractivity contribution in [3.63, 3.8) is 0 Å². The van der Waals surface area contributed by atoms with Gasteiger partial charge in [-0.1, -0.05) is 36.4 Å². The smallest absolute Gasteiger partial charge is 0.475 e. The first-order valence-electron chi connectivity index (χ1n) is 9.49. The molecule has 0 bridgehead atoms. The van der Waals surface area contributed by atoms with Crippen LogP contribution in [-0.4, -0.2) is 57.0 Å². The van der Waals surface area contributed by atoms with Crippen molar-refractivity contribution in [3.8, 4) is 0 Å². The van der Waals surface area contributed by atoms with Gasteiger partial charge < -0.3 is 14.4 Å². The van der Waals surface area contributed by atoms with E-state index in [4.69, 9.17) is 14.6 Å². The number of hydrogen-bond donors (Lipinski definition) is 1. The number of hydrogen-bond acceptors (Lipinski definition) is 4. The van der Waals surface area contributed by atoms with Crippen LogP contribution in [0.1, 0.15) is 17.8 Å². The number of carbonyl (C=O) groups is 1. The molecule has 0 unspecified atom stereocenters. The highest BCUT2D eigenvalue weighted by Gasteiger charge is 2.38.